The standard InChI is InChI=1S/3C24H20P.C8H6O7S/c3*1-5-13-21(14-6-1)25(22-15-7-2-8-16-22,23-17-9-3-10-18-23)24-19-11-4-12-20-24;9-7(10)4-1-5(8(11)12)3-6(2-4)16(13,14)15/h3*1-20H;1-3H,(H,9,10)(H,11,12)(H,13,14,15)/q3*+1;/p-3. The zero-order valence-electron chi connectivity index (χ0n) is 49.5. The van der Waals surface area contributed by atoms with Crippen molar-refractivity contribution < 1.29 is 32.8 Å². The smallest absolute Gasteiger partial charge is 0.144 e. The number of carbonyl (C=O) groups is 2. The first-order valence-electron chi connectivity index (χ1n) is 29.4. The predicted molar refractivity (Wildman–Crippen MR) is 377 cm³/mol. The Morgan fingerprint density at radius 3 is 0.440 bits per heavy atom. The molecule has 0 amide bonds. The molecule has 13 rings (SSSR count). The molecule has 13 aromatic carbocycles. The molecule has 0 saturated carbocycles. The molecule has 0 aliphatic carbocycles. The molecule has 0 N–H and O–H groups in total. The molecular formula is C80H63O7P3S. The fraction of sp³-hybridized carbons (Fsp3) is 0. The fourth-order valence-corrected chi connectivity index (χ4v) is 24.8. The summed E-state index contributed by atoms with van der Waals surface area (Å²) in [5.41, 5.74) is -1.45. The highest BCUT2D eigenvalue weighted by atomic mass is 32.2. The van der Waals surface area contributed by atoms with Gasteiger partial charge in [0.1, 0.15) is 95.6 Å². The van der Waals surface area contributed by atoms with Crippen molar-refractivity contribution in [3.05, 3.63) is 393 Å². The lowest BCUT2D eigenvalue weighted by atomic mass is 10.1. The third kappa shape index (κ3) is 14.4. The zero-order valence-corrected chi connectivity index (χ0v) is 53.0. The Hall–Kier alpha value is -10.0. The van der Waals surface area contributed by atoms with Crippen molar-refractivity contribution in [2.24, 2.45) is 0 Å². The number of aromatic carboxylic acids is 2. The van der Waals surface area contributed by atoms with Gasteiger partial charge in [0, 0.05) is 0 Å². The molecule has 0 aliphatic heterocycles. The van der Waals surface area contributed by atoms with Gasteiger partial charge in [0.2, 0.25) is 0 Å². The molecular weight excluding hydrogens is 1200 g/mol. The first-order valence-corrected chi connectivity index (χ1v) is 36.1. The summed E-state index contributed by atoms with van der Waals surface area (Å²) in [5, 5.41) is 37.5. The summed E-state index contributed by atoms with van der Waals surface area (Å²) in [7, 11) is -10.7. The molecule has 0 fully saturated rings. The lowest BCUT2D eigenvalue weighted by Crippen LogP contribution is -2.38. The number of carboxylic acids is 2. The molecule has 0 heterocycles. The van der Waals surface area contributed by atoms with E-state index in [4.69, 9.17) is 0 Å². The second-order valence-electron chi connectivity index (χ2n) is 20.8. The highest BCUT2D eigenvalue weighted by molar-refractivity contribution is 8.02. The molecule has 0 aliphatic rings. The van der Waals surface area contributed by atoms with Crippen LogP contribution in [0.15, 0.2) is 387 Å². The van der Waals surface area contributed by atoms with E-state index in [1.165, 1.54) is 63.7 Å². The van der Waals surface area contributed by atoms with Crippen molar-refractivity contribution in [1.82, 2.24) is 0 Å². The number of rotatable bonds is 15. The molecule has 13 aromatic rings. The van der Waals surface area contributed by atoms with Crippen molar-refractivity contribution in [3.63, 3.8) is 0 Å². The van der Waals surface area contributed by atoms with Gasteiger partial charge in [-0.25, -0.2) is 8.42 Å². The number of hydrogen-bond acceptors (Lipinski definition) is 7. The van der Waals surface area contributed by atoms with E-state index in [1.54, 1.807) is 0 Å². The highest BCUT2D eigenvalue weighted by Crippen LogP contribution is 2.56. The van der Waals surface area contributed by atoms with E-state index in [0.29, 0.717) is 18.2 Å². The molecule has 446 valence electrons. The maximum atomic E-state index is 10.6. The van der Waals surface area contributed by atoms with Crippen LogP contribution in [0.2, 0.25) is 0 Å². The summed E-state index contributed by atoms with van der Waals surface area (Å²) in [6.07, 6.45) is 0. The summed E-state index contributed by atoms with van der Waals surface area (Å²) < 4.78 is 31.8. The Bertz CT molecular complexity index is 3590. The van der Waals surface area contributed by atoms with E-state index >= 15 is 0 Å². The van der Waals surface area contributed by atoms with E-state index in [1.807, 2.05) is 0 Å². The second-order valence-corrected chi connectivity index (χ2v) is 32.4. The number of hydrogen-bond donors (Lipinski definition) is 0. The Morgan fingerprint density at radius 2 is 0.341 bits per heavy atom. The van der Waals surface area contributed by atoms with E-state index in [0.717, 1.165) is 0 Å². The first kappa shape index (κ1) is 64.0. The summed E-state index contributed by atoms with van der Waals surface area (Å²) in [6.45, 7) is 0. The Balaban J connectivity index is 0.000000135. The number of carbonyl (C=O) groups excluding carboxylic acids is 2. The van der Waals surface area contributed by atoms with E-state index < -0.39 is 59.9 Å². The Kier molecular flexibility index (Phi) is 21.4. The van der Waals surface area contributed by atoms with Crippen molar-refractivity contribution >= 4 is 107 Å². The van der Waals surface area contributed by atoms with Crippen LogP contribution in [0, 0.1) is 0 Å². The maximum Gasteiger partial charge on any atom is 0.144 e. The Morgan fingerprint density at radius 1 is 0.220 bits per heavy atom. The summed E-state index contributed by atoms with van der Waals surface area (Å²) in [4.78, 5) is 19.9. The minimum absolute atomic E-state index is 0.518. The maximum absolute atomic E-state index is 10.6. The van der Waals surface area contributed by atoms with Crippen LogP contribution in [0.3, 0.4) is 0 Å². The van der Waals surface area contributed by atoms with Crippen LogP contribution in [0.4, 0.5) is 0 Å². The minimum atomic E-state index is -4.95. The topological polar surface area (TPSA) is 137 Å². The predicted octanol–water partition coefficient (Wildman–Crippen LogP) is 10.2. The first-order chi connectivity index (χ1) is 44.5. The van der Waals surface area contributed by atoms with Gasteiger partial charge >= 0.3 is 0 Å². The van der Waals surface area contributed by atoms with Crippen LogP contribution in [0.5, 0.6) is 0 Å². The van der Waals surface area contributed by atoms with E-state index in [2.05, 4.69) is 364 Å². The molecule has 91 heavy (non-hydrogen) atoms. The third-order valence-electron chi connectivity index (χ3n) is 15.4. The van der Waals surface area contributed by atoms with E-state index in [-0.39, 0.29) is 0 Å². The molecule has 0 aromatic heterocycles. The molecule has 0 unspecified atom stereocenters. The minimum Gasteiger partial charge on any atom is -0.744 e. The summed E-state index contributed by atoms with van der Waals surface area (Å²) in [5.74, 6) is -3.60. The van der Waals surface area contributed by atoms with Crippen LogP contribution >= 0.6 is 21.8 Å². The van der Waals surface area contributed by atoms with Gasteiger partial charge in [-0.15, -0.1) is 0 Å². The average Bonchev–Trinajstić information content (AvgIpc) is 0.808. The summed E-state index contributed by atoms with van der Waals surface area (Å²) >= 11 is 0. The fourth-order valence-electron chi connectivity index (χ4n) is 11.5. The van der Waals surface area contributed by atoms with Crippen molar-refractivity contribution in [3.8, 4) is 0 Å². The monoisotopic (exact) mass is 1260 g/mol. The average molecular weight is 1260 g/mol. The van der Waals surface area contributed by atoms with Crippen molar-refractivity contribution in [1.29, 1.82) is 0 Å². The van der Waals surface area contributed by atoms with Crippen molar-refractivity contribution in [2.75, 3.05) is 0 Å². The molecule has 0 spiro atoms. The van der Waals surface area contributed by atoms with Gasteiger partial charge in [0.25, 0.3) is 0 Å². The van der Waals surface area contributed by atoms with E-state index in [9.17, 15) is 32.8 Å². The van der Waals surface area contributed by atoms with Gasteiger partial charge in [-0.1, -0.05) is 218 Å². The normalized spacial score (nSPS) is 11.2. The SMILES string of the molecule is O=C([O-])c1cc(C(=O)[O-])cc(S(=O)(=O)[O-])c1.c1ccc([P+](c2ccccc2)(c2ccccc2)c2ccccc2)cc1.c1ccc([P+](c2ccccc2)(c2ccccc2)c2ccccc2)cc1.c1ccc([P+](c2ccccc2)(c2ccccc2)c2ccccc2)cc1. The van der Waals surface area contributed by atoms with Crippen LogP contribution < -0.4 is 73.9 Å². The van der Waals surface area contributed by atoms with Crippen LogP contribution in [0.25, 0.3) is 0 Å². The van der Waals surface area contributed by atoms with Gasteiger partial charge in [-0.05, 0) is 175 Å². The van der Waals surface area contributed by atoms with Gasteiger partial charge in [0.05, 0.1) is 16.8 Å². The van der Waals surface area contributed by atoms with Crippen LogP contribution in [-0.2, 0) is 10.1 Å². The third-order valence-corrected chi connectivity index (χ3v) is 29.1. The molecule has 0 bridgehead atoms. The van der Waals surface area contributed by atoms with Crippen molar-refractivity contribution in [2.45, 2.75) is 4.90 Å². The van der Waals surface area contributed by atoms with Crippen LogP contribution in [0.1, 0.15) is 20.7 Å². The molecule has 0 saturated heterocycles. The molecule has 7 nitrogen and oxygen atoms in total. The molecule has 0 radical (unpaired) electrons. The largest absolute Gasteiger partial charge is 0.744 e. The van der Waals surface area contributed by atoms with Crippen LogP contribution in [-0.4, -0.2) is 24.9 Å². The quantitative estimate of drug-likeness (QED) is 0.0736. The number of carboxylic acid groups (broad SMARTS) is 2. The van der Waals surface area contributed by atoms with Gasteiger partial charge in [-0.3, -0.25) is 0 Å². The van der Waals surface area contributed by atoms with Gasteiger partial charge in [-0.2, -0.15) is 0 Å². The number of benzene rings is 13. The molecule has 11 heteroatoms. The lowest BCUT2D eigenvalue weighted by Gasteiger charge is -2.27. The second kappa shape index (κ2) is 30.5. The lowest BCUT2D eigenvalue weighted by molar-refractivity contribution is -0.255. The Labute approximate surface area is 535 Å². The molecule has 0 atom stereocenters. The summed E-state index contributed by atoms with van der Waals surface area (Å²) in [6, 6.07) is 133. The van der Waals surface area contributed by atoms with Gasteiger partial charge < -0.3 is 24.4 Å². The highest BCUT2D eigenvalue weighted by Gasteiger charge is 2.50. The zero-order chi connectivity index (χ0) is 63.4. The van der Waals surface area contributed by atoms with Gasteiger partial charge in [0.15, 0.2) is 0 Å².